The highest BCUT2D eigenvalue weighted by atomic mass is 35.5. The number of anilines is 2. The summed E-state index contributed by atoms with van der Waals surface area (Å²) in [5, 5.41) is 19.8. The Balaban J connectivity index is 1.39. The van der Waals surface area contributed by atoms with Crippen LogP contribution >= 0.6 is 11.6 Å². The van der Waals surface area contributed by atoms with Crippen LogP contribution in [-0.2, 0) is 11.2 Å². The number of carboxylic acid groups (broad SMARTS) is 1. The van der Waals surface area contributed by atoms with Gasteiger partial charge in [0, 0.05) is 18.4 Å². The van der Waals surface area contributed by atoms with E-state index >= 15 is 0 Å². The van der Waals surface area contributed by atoms with E-state index in [9.17, 15) is 23.9 Å². The number of carboxylic acids is 1. The van der Waals surface area contributed by atoms with Gasteiger partial charge in [0.2, 0.25) is 0 Å². The van der Waals surface area contributed by atoms with E-state index in [1.165, 1.54) is 47.5 Å². The Hall–Kier alpha value is -5.62. The number of aromatic carboxylic acids is 1. The van der Waals surface area contributed by atoms with Crippen LogP contribution in [0.1, 0.15) is 38.0 Å². The maximum absolute atomic E-state index is 14.7. The van der Waals surface area contributed by atoms with Crippen LogP contribution < -0.4 is 11.1 Å². The van der Waals surface area contributed by atoms with Gasteiger partial charge in [0.25, 0.3) is 11.8 Å². The fourth-order valence-electron chi connectivity index (χ4n) is 5.26. The minimum Gasteiger partial charge on any atom is -0.478 e. The van der Waals surface area contributed by atoms with E-state index in [1.54, 1.807) is 30.5 Å². The zero-order valence-electron chi connectivity index (χ0n) is 22.8. The predicted octanol–water partition coefficient (Wildman–Crippen LogP) is 4.78. The third-order valence-corrected chi connectivity index (χ3v) is 7.60. The number of aromatic nitrogens is 4. The minimum absolute atomic E-state index is 0.00778. The Morgan fingerprint density at radius 1 is 1.05 bits per heavy atom. The number of rotatable bonds is 6. The number of pyridine rings is 1. The van der Waals surface area contributed by atoms with Crippen LogP contribution in [0.4, 0.5) is 15.9 Å². The van der Waals surface area contributed by atoms with Gasteiger partial charge < -0.3 is 21.1 Å². The molecule has 2 aromatic heterocycles. The highest BCUT2D eigenvalue weighted by molar-refractivity contribution is 6.30. The second kappa shape index (κ2) is 11.6. The number of nitrogens with one attached hydrogen (secondary N) is 1. The van der Waals surface area contributed by atoms with Gasteiger partial charge in [0.15, 0.2) is 11.5 Å². The summed E-state index contributed by atoms with van der Waals surface area (Å²) in [6, 6.07) is 18.0. The number of hydrogen-bond acceptors (Lipinski definition) is 7. The van der Waals surface area contributed by atoms with Gasteiger partial charge in [-0.3, -0.25) is 9.59 Å². The second-order valence-corrected chi connectivity index (χ2v) is 10.4. The lowest BCUT2D eigenvalue weighted by molar-refractivity contribution is -0.121. The Morgan fingerprint density at radius 2 is 1.82 bits per heavy atom. The van der Waals surface area contributed by atoms with E-state index in [0.29, 0.717) is 23.5 Å². The Kier molecular flexibility index (Phi) is 7.50. The molecule has 0 aliphatic carbocycles. The number of fused-ring (bicyclic) bond motifs is 1. The molecule has 0 spiro atoms. The lowest BCUT2D eigenvalue weighted by Gasteiger charge is -2.37. The predicted molar refractivity (Wildman–Crippen MR) is 160 cm³/mol. The average molecular weight is 612 g/mol. The van der Waals surface area contributed by atoms with Gasteiger partial charge in [0.1, 0.15) is 17.5 Å². The van der Waals surface area contributed by atoms with Crippen molar-refractivity contribution in [3.8, 4) is 16.8 Å². The number of nitrogen functional groups attached to an aromatic ring is 1. The van der Waals surface area contributed by atoms with Gasteiger partial charge in [-0.15, -0.1) is 5.10 Å². The molecule has 2 amide bonds. The highest BCUT2D eigenvalue weighted by Crippen LogP contribution is 2.38. The number of carbonyl (C=O) groups excluding carboxylic acids is 2. The molecule has 44 heavy (non-hydrogen) atoms. The van der Waals surface area contributed by atoms with Crippen LogP contribution in [0, 0.1) is 5.82 Å². The Bertz CT molecular complexity index is 1930. The van der Waals surface area contributed by atoms with Gasteiger partial charge >= 0.3 is 5.97 Å². The molecule has 3 heterocycles. The molecule has 0 saturated heterocycles. The molecule has 1 atom stereocenters. The lowest BCUT2D eigenvalue weighted by Crippen LogP contribution is -2.45. The molecular weight excluding hydrogens is 589 g/mol. The SMILES string of the molecule is Nc1cc(-c2cccc3c2CCN(C(=O)c2cn(-c4cccc(Cl)c4F)nn2)C3C(=O)Nc2ccc(C(=O)O)cc2)ccn1. The molecule has 220 valence electrons. The van der Waals surface area contributed by atoms with Gasteiger partial charge in [-0.05, 0) is 77.2 Å². The lowest BCUT2D eigenvalue weighted by atomic mass is 9.86. The summed E-state index contributed by atoms with van der Waals surface area (Å²) in [5.74, 6) is -2.60. The van der Waals surface area contributed by atoms with Crippen molar-refractivity contribution in [2.24, 2.45) is 0 Å². The quantitative estimate of drug-likeness (QED) is 0.248. The smallest absolute Gasteiger partial charge is 0.335 e. The molecule has 1 aliphatic heterocycles. The molecule has 3 aromatic carbocycles. The first-order valence-electron chi connectivity index (χ1n) is 13.4. The monoisotopic (exact) mass is 611 g/mol. The van der Waals surface area contributed by atoms with Crippen LogP contribution in [0.2, 0.25) is 5.02 Å². The summed E-state index contributed by atoms with van der Waals surface area (Å²) < 4.78 is 15.8. The van der Waals surface area contributed by atoms with E-state index in [1.807, 2.05) is 12.1 Å². The third kappa shape index (κ3) is 5.34. The Morgan fingerprint density at radius 3 is 2.57 bits per heavy atom. The first kappa shape index (κ1) is 28.5. The van der Waals surface area contributed by atoms with Crippen molar-refractivity contribution in [2.45, 2.75) is 12.5 Å². The average Bonchev–Trinajstić information content (AvgIpc) is 3.51. The maximum atomic E-state index is 14.7. The van der Waals surface area contributed by atoms with E-state index in [4.69, 9.17) is 17.3 Å². The molecule has 5 aromatic rings. The van der Waals surface area contributed by atoms with Crippen molar-refractivity contribution in [2.75, 3.05) is 17.6 Å². The summed E-state index contributed by atoms with van der Waals surface area (Å²) in [5.41, 5.74) is 9.35. The van der Waals surface area contributed by atoms with Crippen LogP contribution in [0.25, 0.3) is 16.8 Å². The number of hydrogen-bond donors (Lipinski definition) is 3. The molecule has 0 radical (unpaired) electrons. The molecule has 1 unspecified atom stereocenters. The normalized spacial score (nSPS) is 14.1. The first-order valence-corrected chi connectivity index (χ1v) is 13.7. The van der Waals surface area contributed by atoms with Crippen LogP contribution in [0.5, 0.6) is 0 Å². The number of nitrogens with zero attached hydrogens (tertiary/aromatic N) is 5. The number of carbonyl (C=O) groups is 3. The largest absolute Gasteiger partial charge is 0.478 e. The molecule has 11 nitrogen and oxygen atoms in total. The zero-order valence-corrected chi connectivity index (χ0v) is 23.6. The summed E-state index contributed by atoms with van der Waals surface area (Å²) >= 11 is 5.92. The van der Waals surface area contributed by atoms with Gasteiger partial charge in [-0.1, -0.05) is 41.1 Å². The Labute approximate surface area is 254 Å². The van der Waals surface area contributed by atoms with Crippen LogP contribution in [-0.4, -0.2) is 54.3 Å². The first-order chi connectivity index (χ1) is 21.2. The van der Waals surface area contributed by atoms with Gasteiger partial charge in [-0.25, -0.2) is 18.9 Å². The highest BCUT2D eigenvalue weighted by Gasteiger charge is 2.38. The number of benzene rings is 3. The summed E-state index contributed by atoms with van der Waals surface area (Å²) in [7, 11) is 0. The van der Waals surface area contributed by atoms with E-state index in [-0.39, 0.29) is 28.5 Å². The second-order valence-electron chi connectivity index (χ2n) is 9.99. The minimum atomic E-state index is -1.10. The van der Waals surface area contributed by atoms with Crippen LogP contribution in [0.3, 0.4) is 0 Å². The molecule has 0 fully saturated rings. The number of nitrogens with two attached hydrogens (primary N) is 1. The fourth-order valence-corrected chi connectivity index (χ4v) is 5.43. The summed E-state index contributed by atoms with van der Waals surface area (Å²) in [6.45, 7) is 0.151. The van der Waals surface area contributed by atoms with Crippen molar-refractivity contribution in [1.82, 2.24) is 24.9 Å². The maximum Gasteiger partial charge on any atom is 0.335 e. The van der Waals surface area contributed by atoms with Crippen molar-refractivity contribution in [1.29, 1.82) is 0 Å². The fraction of sp³-hybridized carbons (Fsp3) is 0.0968. The molecule has 0 saturated carbocycles. The third-order valence-electron chi connectivity index (χ3n) is 7.31. The molecule has 6 rings (SSSR count). The number of amides is 2. The zero-order chi connectivity index (χ0) is 31.0. The molecule has 1 aliphatic rings. The molecule has 0 bridgehead atoms. The van der Waals surface area contributed by atoms with E-state index < -0.39 is 29.6 Å². The van der Waals surface area contributed by atoms with Gasteiger partial charge in [-0.2, -0.15) is 0 Å². The van der Waals surface area contributed by atoms with Crippen molar-refractivity contribution in [3.05, 3.63) is 118 Å². The van der Waals surface area contributed by atoms with Crippen molar-refractivity contribution < 1.29 is 23.9 Å². The molecular formula is C31H23ClFN7O4. The van der Waals surface area contributed by atoms with E-state index in [0.717, 1.165) is 21.4 Å². The standard InChI is InChI=1S/C31H23ClFN7O4/c32-23-5-2-6-25(27(23)33)40-16-24(37-38-40)30(42)39-14-12-21-20(18-11-13-35-26(34)15-18)3-1-4-22(21)28(39)29(41)36-19-9-7-17(8-10-19)31(43)44/h1-11,13,15-16,28H,12,14H2,(H2,34,35)(H,36,41)(H,43,44). The summed E-state index contributed by atoms with van der Waals surface area (Å²) in [4.78, 5) is 44.6. The van der Waals surface area contributed by atoms with Gasteiger partial charge in [0.05, 0.1) is 16.8 Å². The molecule has 4 N–H and O–H groups in total. The summed E-state index contributed by atoms with van der Waals surface area (Å²) in [6.07, 6.45) is 3.29. The van der Waals surface area contributed by atoms with E-state index in [2.05, 4.69) is 20.6 Å². The van der Waals surface area contributed by atoms with Crippen LogP contribution in [0.15, 0.2) is 85.2 Å². The van der Waals surface area contributed by atoms with Crippen molar-refractivity contribution >= 4 is 40.9 Å². The van der Waals surface area contributed by atoms with Crippen molar-refractivity contribution in [3.63, 3.8) is 0 Å². The molecule has 13 heteroatoms. The number of halogens is 2. The topological polar surface area (TPSA) is 156 Å².